The molecule has 0 unspecified atom stereocenters. The van der Waals surface area contributed by atoms with E-state index in [1.165, 1.54) is 0 Å². The van der Waals surface area contributed by atoms with E-state index in [-0.39, 0.29) is 0 Å². The molecule has 3 aromatic carbocycles. The Balaban J connectivity index is 1.98. The van der Waals surface area contributed by atoms with Crippen molar-refractivity contribution < 1.29 is 0 Å². The minimum Gasteiger partial charge on any atom is -0.337 e. The number of imidazole rings is 1. The van der Waals surface area contributed by atoms with Crippen LogP contribution < -0.4 is 0 Å². The molecule has 0 aliphatic rings. The largest absolute Gasteiger partial charge is 0.337 e. The number of benzene rings is 3. The Labute approximate surface area is 164 Å². The molecule has 0 spiro atoms. The lowest BCUT2D eigenvalue weighted by Crippen LogP contribution is -1.91. The molecular formula is C22H10ClN5. The normalized spacial score (nSPS) is 11.0. The molecule has 0 atom stereocenters. The second-order valence-electron chi connectivity index (χ2n) is 6.34. The third-order valence-electron chi connectivity index (χ3n) is 4.81. The molecule has 6 heteroatoms. The molecule has 0 saturated heterocycles. The summed E-state index contributed by atoms with van der Waals surface area (Å²) >= 11 is 6.14. The standard InChI is InChI=1S/C22H10ClN5/c23-17-9-8-16-19(26-17)14-6-1-2-7-15(14)20-21(16)28-22(27-20)18-12(10-24)4-3-5-13(18)11-25/h1-9H,(H,27,28). The number of hydrogen-bond acceptors (Lipinski definition) is 4. The van der Waals surface area contributed by atoms with Crippen LogP contribution in [0, 0.1) is 22.7 Å². The van der Waals surface area contributed by atoms with Gasteiger partial charge in [-0.2, -0.15) is 10.5 Å². The van der Waals surface area contributed by atoms with Gasteiger partial charge in [0.15, 0.2) is 0 Å². The smallest absolute Gasteiger partial charge is 0.141 e. The average molecular weight is 380 g/mol. The van der Waals surface area contributed by atoms with E-state index in [1.807, 2.05) is 30.3 Å². The molecule has 1 N–H and O–H groups in total. The van der Waals surface area contributed by atoms with Crippen molar-refractivity contribution in [1.29, 1.82) is 10.5 Å². The van der Waals surface area contributed by atoms with Gasteiger partial charge in [0.2, 0.25) is 0 Å². The molecule has 2 aromatic heterocycles. The van der Waals surface area contributed by atoms with E-state index in [4.69, 9.17) is 16.6 Å². The minimum absolute atomic E-state index is 0.396. The number of halogens is 1. The number of aromatic amines is 1. The first kappa shape index (κ1) is 16.3. The van der Waals surface area contributed by atoms with Crippen LogP contribution in [-0.2, 0) is 0 Å². The molecule has 2 heterocycles. The zero-order valence-electron chi connectivity index (χ0n) is 14.4. The number of nitrogens with one attached hydrogen (secondary N) is 1. The van der Waals surface area contributed by atoms with Gasteiger partial charge in [-0.25, -0.2) is 9.97 Å². The quantitative estimate of drug-likeness (QED) is 0.315. The van der Waals surface area contributed by atoms with Crippen LogP contribution in [0.15, 0.2) is 54.6 Å². The maximum absolute atomic E-state index is 9.52. The van der Waals surface area contributed by atoms with Gasteiger partial charge >= 0.3 is 0 Å². The zero-order chi connectivity index (χ0) is 19.3. The van der Waals surface area contributed by atoms with E-state index < -0.39 is 0 Å². The Morgan fingerprint density at radius 2 is 1.46 bits per heavy atom. The number of rotatable bonds is 1. The number of aromatic nitrogens is 3. The van der Waals surface area contributed by atoms with Crippen molar-refractivity contribution in [2.24, 2.45) is 0 Å². The predicted octanol–water partition coefficient (Wildman–Crippen LogP) is 5.33. The molecule has 130 valence electrons. The van der Waals surface area contributed by atoms with Gasteiger partial charge in [-0.1, -0.05) is 41.9 Å². The van der Waals surface area contributed by atoms with Gasteiger partial charge in [-0.3, -0.25) is 0 Å². The number of H-pyrrole nitrogens is 1. The van der Waals surface area contributed by atoms with E-state index in [9.17, 15) is 10.5 Å². The Bertz CT molecular complexity index is 1470. The molecule has 0 saturated carbocycles. The van der Waals surface area contributed by atoms with Gasteiger partial charge in [0.1, 0.15) is 11.0 Å². The first-order valence-corrected chi connectivity index (χ1v) is 8.89. The van der Waals surface area contributed by atoms with Crippen LogP contribution in [-0.4, -0.2) is 15.0 Å². The lowest BCUT2D eigenvalue weighted by atomic mass is 10.0. The highest BCUT2D eigenvalue weighted by molar-refractivity contribution is 6.31. The molecule has 0 amide bonds. The molecule has 0 aliphatic heterocycles. The second kappa shape index (κ2) is 6.06. The van der Waals surface area contributed by atoms with Crippen molar-refractivity contribution in [3.8, 4) is 23.5 Å². The van der Waals surface area contributed by atoms with E-state index >= 15 is 0 Å². The second-order valence-corrected chi connectivity index (χ2v) is 6.72. The molecule has 0 bridgehead atoms. The highest BCUT2D eigenvalue weighted by atomic mass is 35.5. The van der Waals surface area contributed by atoms with E-state index in [0.29, 0.717) is 27.7 Å². The van der Waals surface area contributed by atoms with Crippen molar-refractivity contribution in [3.05, 3.63) is 70.9 Å². The molecule has 5 aromatic rings. The third-order valence-corrected chi connectivity index (χ3v) is 5.02. The fourth-order valence-electron chi connectivity index (χ4n) is 3.61. The summed E-state index contributed by atoms with van der Waals surface area (Å²) in [7, 11) is 0. The first-order valence-electron chi connectivity index (χ1n) is 8.51. The summed E-state index contributed by atoms with van der Waals surface area (Å²) < 4.78 is 0. The van der Waals surface area contributed by atoms with Crippen molar-refractivity contribution in [3.63, 3.8) is 0 Å². The van der Waals surface area contributed by atoms with Crippen molar-refractivity contribution >= 4 is 44.3 Å². The van der Waals surface area contributed by atoms with Crippen LogP contribution in [0.4, 0.5) is 0 Å². The van der Waals surface area contributed by atoms with Gasteiger partial charge in [0.25, 0.3) is 0 Å². The Morgan fingerprint density at radius 3 is 2.18 bits per heavy atom. The zero-order valence-corrected chi connectivity index (χ0v) is 15.1. The summed E-state index contributed by atoms with van der Waals surface area (Å²) in [5.41, 5.74) is 3.62. The van der Waals surface area contributed by atoms with E-state index in [2.05, 4.69) is 22.1 Å². The Hall–Kier alpha value is -3.93. The highest BCUT2D eigenvalue weighted by Crippen LogP contribution is 2.36. The average Bonchev–Trinajstić information content (AvgIpc) is 3.18. The van der Waals surface area contributed by atoms with Crippen LogP contribution >= 0.6 is 11.6 Å². The number of hydrogen-bond donors (Lipinski definition) is 1. The molecule has 0 aliphatic carbocycles. The fraction of sp³-hybridized carbons (Fsp3) is 0. The lowest BCUT2D eigenvalue weighted by Gasteiger charge is -2.05. The van der Waals surface area contributed by atoms with Crippen molar-refractivity contribution in [1.82, 2.24) is 15.0 Å². The van der Waals surface area contributed by atoms with Crippen LogP contribution in [0.2, 0.25) is 5.15 Å². The van der Waals surface area contributed by atoms with Gasteiger partial charge in [-0.15, -0.1) is 0 Å². The third kappa shape index (κ3) is 2.24. The van der Waals surface area contributed by atoms with Gasteiger partial charge in [-0.05, 0) is 24.3 Å². The summed E-state index contributed by atoms with van der Waals surface area (Å²) in [6, 6.07) is 20.9. The first-order chi connectivity index (χ1) is 13.7. The minimum atomic E-state index is 0.396. The molecule has 0 fully saturated rings. The van der Waals surface area contributed by atoms with E-state index in [0.717, 1.165) is 32.7 Å². The van der Waals surface area contributed by atoms with Gasteiger partial charge in [0.05, 0.1) is 45.4 Å². The Kier molecular flexibility index (Phi) is 3.52. The SMILES string of the molecule is N#Cc1cccc(C#N)c1-c1nc2c3ccc(Cl)nc3c3ccccc3c2[nH]1. The maximum Gasteiger partial charge on any atom is 0.141 e. The predicted molar refractivity (Wildman–Crippen MR) is 109 cm³/mol. The Morgan fingerprint density at radius 1 is 0.750 bits per heavy atom. The van der Waals surface area contributed by atoms with Gasteiger partial charge in [0, 0.05) is 16.2 Å². The fourth-order valence-corrected chi connectivity index (χ4v) is 3.76. The van der Waals surface area contributed by atoms with Gasteiger partial charge < -0.3 is 4.98 Å². The van der Waals surface area contributed by atoms with Crippen molar-refractivity contribution in [2.75, 3.05) is 0 Å². The van der Waals surface area contributed by atoms with E-state index in [1.54, 1.807) is 24.3 Å². The summed E-state index contributed by atoms with van der Waals surface area (Å²) in [6.07, 6.45) is 0. The molecular weight excluding hydrogens is 370 g/mol. The summed E-state index contributed by atoms with van der Waals surface area (Å²) in [5, 5.41) is 22.2. The number of nitriles is 2. The summed E-state index contributed by atoms with van der Waals surface area (Å²) in [5.74, 6) is 0.483. The topological polar surface area (TPSA) is 89.2 Å². The number of fused-ring (bicyclic) bond motifs is 6. The monoisotopic (exact) mass is 379 g/mol. The van der Waals surface area contributed by atoms with Crippen molar-refractivity contribution in [2.45, 2.75) is 0 Å². The number of nitrogens with zero attached hydrogens (tertiary/aromatic N) is 4. The van der Waals surface area contributed by atoms with Crippen LogP contribution in [0.1, 0.15) is 11.1 Å². The lowest BCUT2D eigenvalue weighted by molar-refractivity contribution is 1.31. The van der Waals surface area contributed by atoms with Crippen LogP contribution in [0.5, 0.6) is 0 Å². The maximum atomic E-state index is 9.52. The molecule has 0 radical (unpaired) electrons. The van der Waals surface area contributed by atoms with Crippen LogP contribution in [0.3, 0.4) is 0 Å². The molecule has 5 nitrogen and oxygen atoms in total. The summed E-state index contributed by atoms with van der Waals surface area (Å²) in [6.45, 7) is 0. The molecule has 28 heavy (non-hydrogen) atoms. The highest BCUT2D eigenvalue weighted by Gasteiger charge is 2.18. The van der Waals surface area contributed by atoms with Crippen LogP contribution in [0.25, 0.3) is 44.1 Å². The summed E-state index contributed by atoms with van der Waals surface area (Å²) in [4.78, 5) is 12.6. The number of pyridine rings is 1. The molecule has 5 rings (SSSR count).